The summed E-state index contributed by atoms with van der Waals surface area (Å²) in [7, 11) is 1.61. The Bertz CT molecular complexity index is 1400. The first kappa shape index (κ1) is 36.8. The Morgan fingerprint density at radius 3 is 2.25 bits per heavy atom. The van der Waals surface area contributed by atoms with Crippen LogP contribution in [0.15, 0.2) is 91.0 Å². The quantitative estimate of drug-likeness (QED) is 0.132. The minimum Gasteiger partial charge on any atom is -0.447 e. The van der Waals surface area contributed by atoms with Crippen LogP contribution in [0.4, 0.5) is 4.79 Å². The lowest BCUT2D eigenvalue weighted by molar-refractivity contribution is -0.127. The monoisotopic (exact) mass is 660 g/mol. The van der Waals surface area contributed by atoms with Crippen LogP contribution in [-0.2, 0) is 36.6 Å². The topological polar surface area (TPSA) is 136 Å². The van der Waals surface area contributed by atoms with Crippen molar-refractivity contribution in [3.8, 4) is 0 Å². The third-order valence-corrected chi connectivity index (χ3v) is 8.26. The lowest BCUT2D eigenvalue weighted by Crippen LogP contribution is -2.47. The third kappa shape index (κ3) is 12.2. The standard InChI is InChI=1S/C38H48N2O8/c1-45-19-20-46-21-22-47-23-24-48-38(44)39-33(25-29-13-6-3-7-14-29)34(41)27-31(17-10-15-28-11-4-2-5-12-28)37(43)40-36-32-18-9-8-16-30(32)26-35(36)42/h2-16,18,31,33-36,41-42H,17,19-27H2,1H3,(H,39,44)(H,40,43)/t31?,33?,34?,35-,36-/m0/s1. The van der Waals surface area contributed by atoms with E-state index in [1.54, 1.807) is 7.11 Å². The zero-order valence-corrected chi connectivity index (χ0v) is 27.5. The van der Waals surface area contributed by atoms with Crippen molar-refractivity contribution >= 4 is 18.1 Å². The molecule has 0 heterocycles. The predicted octanol–water partition coefficient (Wildman–Crippen LogP) is 4.25. The van der Waals surface area contributed by atoms with E-state index in [1.807, 2.05) is 97.1 Å². The van der Waals surface area contributed by atoms with Crippen LogP contribution < -0.4 is 10.6 Å². The highest BCUT2D eigenvalue weighted by Crippen LogP contribution is 2.32. The van der Waals surface area contributed by atoms with Crippen LogP contribution in [0, 0.1) is 5.92 Å². The van der Waals surface area contributed by atoms with E-state index < -0.39 is 36.3 Å². The molecule has 0 fully saturated rings. The van der Waals surface area contributed by atoms with E-state index in [0.717, 1.165) is 22.3 Å². The summed E-state index contributed by atoms with van der Waals surface area (Å²) in [5.74, 6) is -0.924. The van der Waals surface area contributed by atoms with Gasteiger partial charge in [-0.2, -0.15) is 0 Å². The molecule has 5 atom stereocenters. The molecule has 3 aromatic rings. The normalized spacial score (nSPS) is 17.4. The Balaban J connectivity index is 1.40. The summed E-state index contributed by atoms with van der Waals surface area (Å²) in [6, 6.07) is 25.7. The average Bonchev–Trinajstić information content (AvgIpc) is 3.41. The summed E-state index contributed by atoms with van der Waals surface area (Å²) >= 11 is 0. The summed E-state index contributed by atoms with van der Waals surface area (Å²) < 4.78 is 21.1. The molecule has 4 N–H and O–H groups in total. The number of ether oxygens (including phenoxy) is 4. The van der Waals surface area contributed by atoms with Crippen LogP contribution in [0.3, 0.4) is 0 Å². The van der Waals surface area contributed by atoms with Gasteiger partial charge in [-0.25, -0.2) is 4.79 Å². The Kier molecular flexibility index (Phi) is 15.6. The van der Waals surface area contributed by atoms with E-state index in [4.69, 9.17) is 18.9 Å². The highest BCUT2D eigenvalue weighted by molar-refractivity contribution is 5.80. The first-order chi connectivity index (χ1) is 23.4. The van der Waals surface area contributed by atoms with Crippen LogP contribution >= 0.6 is 0 Å². The smallest absolute Gasteiger partial charge is 0.407 e. The number of alkyl carbamates (subject to hydrolysis) is 1. The second-order valence-corrected chi connectivity index (χ2v) is 11.8. The van der Waals surface area contributed by atoms with E-state index in [1.165, 1.54) is 0 Å². The van der Waals surface area contributed by atoms with Gasteiger partial charge in [-0.1, -0.05) is 97.1 Å². The minimum atomic E-state index is -1.08. The molecule has 3 unspecified atom stereocenters. The molecule has 1 aliphatic rings. The highest BCUT2D eigenvalue weighted by atomic mass is 16.6. The molecule has 10 heteroatoms. The van der Waals surface area contributed by atoms with Gasteiger partial charge in [-0.05, 0) is 41.5 Å². The molecule has 4 rings (SSSR count). The third-order valence-electron chi connectivity index (χ3n) is 8.26. The van der Waals surface area contributed by atoms with Crippen molar-refractivity contribution < 1.29 is 38.7 Å². The lowest BCUT2D eigenvalue weighted by Gasteiger charge is -2.28. The van der Waals surface area contributed by atoms with E-state index >= 15 is 0 Å². The zero-order chi connectivity index (χ0) is 34.0. The Hall–Kier alpha value is -4.06. The van der Waals surface area contributed by atoms with Gasteiger partial charge in [0, 0.05) is 19.4 Å². The number of hydrogen-bond acceptors (Lipinski definition) is 8. The molecular weight excluding hydrogens is 612 g/mol. The number of rotatable bonds is 20. The predicted molar refractivity (Wildman–Crippen MR) is 183 cm³/mol. The SMILES string of the molecule is COCCOCCOCCOC(=O)NC(Cc1ccccc1)C(O)CC(CC=Cc1ccccc1)C(=O)N[C@H]1c2ccccc2C[C@@H]1O. The molecule has 0 spiro atoms. The summed E-state index contributed by atoms with van der Waals surface area (Å²) in [5, 5.41) is 28.3. The van der Waals surface area contributed by atoms with Gasteiger partial charge in [-0.15, -0.1) is 0 Å². The molecule has 1 aliphatic carbocycles. The summed E-state index contributed by atoms with van der Waals surface area (Å²) in [6.07, 6.45) is 2.54. The van der Waals surface area contributed by atoms with Crippen molar-refractivity contribution in [3.05, 3.63) is 113 Å². The minimum absolute atomic E-state index is 0.0263. The maximum Gasteiger partial charge on any atom is 0.407 e. The number of methoxy groups -OCH3 is 1. The van der Waals surface area contributed by atoms with E-state index in [-0.39, 0.29) is 25.5 Å². The van der Waals surface area contributed by atoms with Gasteiger partial charge in [0.25, 0.3) is 0 Å². The van der Waals surface area contributed by atoms with E-state index in [9.17, 15) is 19.8 Å². The lowest BCUT2D eigenvalue weighted by atomic mass is 9.90. The molecule has 48 heavy (non-hydrogen) atoms. The van der Waals surface area contributed by atoms with Crippen LogP contribution in [0.2, 0.25) is 0 Å². The number of nitrogens with one attached hydrogen (secondary N) is 2. The first-order valence-electron chi connectivity index (χ1n) is 16.5. The molecule has 0 bridgehead atoms. The number of allylic oxidation sites excluding steroid dienone is 1. The largest absolute Gasteiger partial charge is 0.447 e. The van der Waals surface area contributed by atoms with Crippen molar-refractivity contribution in [2.45, 2.75) is 50.0 Å². The van der Waals surface area contributed by atoms with Gasteiger partial charge in [0.1, 0.15) is 6.61 Å². The van der Waals surface area contributed by atoms with Crippen LogP contribution in [0.1, 0.15) is 41.1 Å². The fourth-order valence-corrected chi connectivity index (χ4v) is 5.72. The number of aliphatic hydroxyl groups excluding tert-OH is 2. The fraction of sp³-hybridized carbons (Fsp3) is 0.421. The van der Waals surface area contributed by atoms with E-state index in [0.29, 0.717) is 45.7 Å². The number of carbonyl (C=O) groups is 2. The van der Waals surface area contributed by atoms with E-state index in [2.05, 4.69) is 10.6 Å². The molecule has 258 valence electrons. The second kappa shape index (κ2) is 20.3. The first-order valence-corrected chi connectivity index (χ1v) is 16.5. The molecule has 2 amide bonds. The van der Waals surface area contributed by atoms with Crippen molar-refractivity contribution in [2.24, 2.45) is 5.92 Å². The Morgan fingerprint density at radius 2 is 1.52 bits per heavy atom. The van der Waals surface area contributed by atoms with Gasteiger partial charge in [0.2, 0.25) is 5.91 Å². The number of fused-ring (bicyclic) bond motifs is 1. The Morgan fingerprint density at radius 1 is 0.875 bits per heavy atom. The van der Waals surface area contributed by atoms with Gasteiger partial charge in [0.05, 0.1) is 57.3 Å². The number of carbonyl (C=O) groups excluding carboxylic acids is 2. The van der Waals surface area contributed by atoms with Crippen molar-refractivity contribution in [1.29, 1.82) is 0 Å². The number of aliphatic hydroxyl groups is 2. The van der Waals surface area contributed by atoms with Crippen LogP contribution in [0.25, 0.3) is 6.08 Å². The molecule has 0 aliphatic heterocycles. The number of benzene rings is 3. The molecular formula is C38H48N2O8. The van der Waals surface area contributed by atoms with Gasteiger partial charge in [-0.3, -0.25) is 4.79 Å². The highest BCUT2D eigenvalue weighted by Gasteiger charge is 2.35. The van der Waals surface area contributed by atoms with Crippen molar-refractivity contribution in [2.75, 3.05) is 46.8 Å². The fourth-order valence-electron chi connectivity index (χ4n) is 5.72. The molecule has 10 nitrogen and oxygen atoms in total. The second-order valence-electron chi connectivity index (χ2n) is 11.8. The molecule has 0 saturated heterocycles. The van der Waals surface area contributed by atoms with Crippen molar-refractivity contribution in [3.63, 3.8) is 0 Å². The van der Waals surface area contributed by atoms with Crippen LogP contribution in [-0.4, -0.2) is 87.2 Å². The van der Waals surface area contributed by atoms with Gasteiger partial charge in [0.15, 0.2) is 0 Å². The Labute approximate surface area is 283 Å². The summed E-state index contributed by atoms with van der Waals surface area (Å²) in [6.45, 7) is 1.97. The van der Waals surface area contributed by atoms with Gasteiger partial charge >= 0.3 is 6.09 Å². The zero-order valence-electron chi connectivity index (χ0n) is 27.5. The maximum atomic E-state index is 13.8. The molecule has 0 saturated carbocycles. The number of hydrogen-bond donors (Lipinski definition) is 4. The van der Waals surface area contributed by atoms with Crippen molar-refractivity contribution in [1.82, 2.24) is 10.6 Å². The number of amides is 2. The molecule has 0 aromatic heterocycles. The molecule has 3 aromatic carbocycles. The summed E-state index contributed by atoms with van der Waals surface area (Å²) in [5.41, 5.74) is 3.80. The maximum absolute atomic E-state index is 13.8. The summed E-state index contributed by atoms with van der Waals surface area (Å²) in [4.78, 5) is 26.7. The average molecular weight is 661 g/mol. The van der Waals surface area contributed by atoms with Gasteiger partial charge < -0.3 is 39.8 Å². The molecule has 0 radical (unpaired) electrons. The van der Waals surface area contributed by atoms with Crippen LogP contribution in [0.5, 0.6) is 0 Å².